The third-order valence-electron chi connectivity index (χ3n) is 4.62. The highest BCUT2D eigenvalue weighted by Gasteiger charge is 2.26. The zero-order valence-electron chi connectivity index (χ0n) is 15.1. The van der Waals surface area contributed by atoms with Crippen molar-refractivity contribution in [1.82, 2.24) is 0 Å². The van der Waals surface area contributed by atoms with Crippen molar-refractivity contribution >= 4 is 28.2 Å². The summed E-state index contributed by atoms with van der Waals surface area (Å²) in [5.74, 6) is -0.0309. The van der Waals surface area contributed by atoms with Gasteiger partial charge in [-0.3, -0.25) is 4.79 Å². The number of carbonyl (C=O) groups is 2. The summed E-state index contributed by atoms with van der Waals surface area (Å²) in [5.41, 5.74) is 2.05. The average molecular weight is 373 g/mol. The van der Waals surface area contributed by atoms with Gasteiger partial charge in [-0.2, -0.15) is 0 Å². The van der Waals surface area contributed by atoms with Gasteiger partial charge in [0.15, 0.2) is 0 Å². The largest absolute Gasteiger partial charge is 0.497 e. The van der Waals surface area contributed by atoms with Crippen LogP contribution in [-0.2, 0) is 17.6 Å². The molecule has 0 spiro atoms. The van der Waals surface area contributed by atoms with Crippen LogP contribution in [0.1, 0.15) is 56.8 Å². The molecular weight excluding hydrogens is 350 g/mol. The summed E-state index contributed by atoms with van der Waals surface area (Å²) in [6.45, 7) is 0. The van der Waals surface area contributed by atoms with E-state index >= 15 is 0 Å². The van der Waals surface area contributed by atoms with Crippen molar-refractivity contribution in [2.75, 3.05) is 19.5 Å². The average Bonchev–Trinajstić information content (AvgIpc) is 2.97. The first kappa shape index (κ1) is 18.5. The van der Waals surface area contributed by atoms with Crippen molar-refractivity contribution in [2.45, 2.75) is 38.5 Å². The maximum absolute atomic E-state index is 12.7. The predicted octanol–water partition coefficient (Wildman–Crippen LogP) is 4.45. The van der Waals surface area contributed by atoms with Gasteiger partial charge in [-0.1, -0.05) is 18.9 Å². The van der Waals surface area contributed by atoms with E-state index in [0.717, 1.165) is 31.2 Å². The van der Waals surface area contributed by atoms with Gasteiger partial charge >= 0.3 is 5.97 Å². The Morgan fingerprint density at radius 1 is 1.08 bits per heavy atom. The summed E-state index contributed by atoms with van der Waals surface area (Å²) >= 11 is 1.50. The van der Waals surface area contributed by atoms with E-state index in [-0.39, 0.29) is 11.9 Å². The first-order chi connectivity index (χ1) is 12.6. The fourth-order valence-electron chi connectivity index (χ4n) is 3.27. The highest BCUT2D eigenvalue weighted by molar-refractivity contribution is 7.17. The van der Waals surface area contributed by atoms with Crippen molar-refractivity contribution in [3.05, 3.63) is 45.8 Å². The lowest BCUT2D eigenvalue weighted by Crippen LogP contribution is -2.15. The van der Waals surface area contributed by atoms with Gasteiger partial charge in [-0.15, -0.1) is 11.3 Å². The molecule has 0 unspecified atom stereocenters. The SMILES string of the molecule is COC(=O)c1c(NC(=O)c2cccc(OC)c2)sc2c1CCCCCC2. The van der Waals surface area contributed by atoms with E-state index in [1.54, 1.807) is 31.4 Å². The molecule has 26 heavy (non-hydrogen) atoms. The number of methoxy groups -OCH3 is 2. The molecular formula is C20H23NO4S. The highest BCUT2D eigenvalue weighted by Crippen LogP contribution is 2.37. The van der Waals surface area contributed by atoms with E-state index in [9.17, 15) is 9.59 Å². The van der Waals surface area contributed by atoms with Crippen LogP contribution in [0.25, 0.3) is 0 Å². The number of carbonyl (C=O) groups excluding carboxylic acids is 2. The zero-order valence-corrected chi connectivity index (χ0v) is 15.9. The summed E-state index contributed by atoms with van der Waals surface area (Å²) in [7, 11) is 2.94. The molecule has 1 aromatic carbocycles. The Kier molecular flexibility index (Phi) is 5.93. The zero-order chi connectivity index (χ0) is 18.5. The van der Waals surface area contributed by atoms with Crippen molar-refractivity contribution in [2.24, 2.45) is 0 Å². The molecule has 138 valence electrons. The van der Waals surface area contributed by atoms with Crippen molar-refractivity contribution < 1.29 is 19.1 Å². The molecule has 0 bridgehead atoms. The van der Waals surface area contributed by atoms with Crippen LogP contribution >= 0.6 is 11.3 Å². The van der Waals surface area contributed by atoms with Crippen LogP contribution < -0.4 is 10.1 Å². The molecule has 0 saturated heterocycles. The van der Waals surface area contributed by atoms with Crippen LogP contribution in [0.5, 0.6) is 5.75 Å². The van der Waals surface area contributed by atoms with Gasteiger partial charge in [0.25, 0.3) is 5.91 Å². The molecule has 1 amide bonds. The Morgan fingerprint density at radius 2 is 1.85 bits per heavy atom. The first-order valence-electron chi connectivity index (χ1n) is 8.82. The molecule has 0 aliphatic heterocycles. The molecule has 5 nitrogen and oxygen atoms in total. The Balaban J connectivity index is 1.94. The number of hydrogen-bond acceptors (Lipinski definition) is 5. The lowest BCUT2D eigenvalue weighted by molar-refractivity contribution is 0.0601. The molecule has 3 rings (SSSR count). The van der Waals surface area contributed by atoms with Crippen molar-refractivity contribution in [1.29, 1.82) is 0 Å². The minimum Gasteiger partial charge on any atom is -0.497 e. The number of fused-ring (bicyclic) bond motifs is 1. The Hall–Kier alpha value is -2.34. The fourth-order valence-corrected chi connectivity index (χ4v) is 4.54. The topological polar surface area (TPSA) is 64.6 Å². The first-order valence-corrected chi connectivity index (χ1v) is 9.64. The molecule has 0 atom stereocenters. The molecule has 2 aromatic rings. The molecule has 6 heteroatoms. The lowest BCUT2D eigenvalue weighted by atomic mass is 9.96. The molecule has 1 aromatic heterocycles. The number of benzene rings is 1. The number of ether oxygens (including phenoxy) is 2. The second-order valence-electron chi connectivity index (χ2n) is 6.30. The van der Waals surface area contributed by atoms with Crippen LogP contribution in [0.2, 0.25) is 0 Å². The van der Waals surface area contributed by atoms with Gasteiger partial charge in [-0.25, -0.2) is 4.79 Å². The lowest BCUT2D eigenvalue weighted by Gasteiger charge is -2.11. The van der Waals surface area contributed by atoms with E-state index in [1.165, 1.54) is 36.2 Å². The van der Waals surface area contributed by atoms with E-state index in [1.807, 2.05) is 0 Å². The third kappa shape index (κ3) is 3.90. The van der Waals surface area contributed by atoms with Gasteiger partial charge in [0.2, 0.25) is 0 Å². The molecule has 0 saturated carbocycles. The highest BCUT2D eigenvalue weighted by atomic mass is 32.1. The minimum atomic E-state index is -0.385. The number of anilines is 1. The van der Waals surface area contributed by atoms with Crippen LogP contribution in [0.3, 0.4) is 0 Å². The van der Waals surface area contributed by atoms with E-state index in [4.69, 9.17) is 9.47 Å². The second-order valence-corrected chi connectivity index (χ2v) is 7.40. The summed E-state index contributed by atoms with van der Waals surface area (Å²) < 4.78 is 10.2. The number of amides is 1. The van der Waals surface area contributed by atoms with Crippen LogP contribution in [0, 0.1) is 0 Å². The molecule has 0 radical (unpaired) electrons. The normalized spacial score (nSPS) is 13.9. The fraction of sp³-hybridized carbons (Fsp3) is 0.400. The maximum atomic E-state index is 12.7. The van der Waals surface area contributed by atoms with Crippen molar-refractivity contribution in [3.8, 4) is 5.75 Å². The smallest absolute Gasteiger partial charge is 0.341 e. The number of aryl methyl sites for hydroxylation is 1. The van der Waals surface area contributed by atoms with Crippen LogP contribution in [0.15, 0.2) is 24.3 Å². The monoisotopic (exact) mass is 373 g/mol. The predicted molar refractivity (Wildman–Crippen MR) is 102 cm³/mol. The Labute approximate surface area is 157 Å². The Bertz CT molecular complexity index is 812. The number of thiophene rings is 1. The van der Waals surface area contributed by atoms with Gasteiger partial charge in [0.1, 0.15) is 10.8 Å². The second kappa shape index (κ2) is 8.36. The summed E-state index contributed by atoms with van der Waals surface area (Å²) in [5, 5.41) is 3.49. The van der Waals surface area contributed by atoms with Crippen LogP contribution in [-0.4, -0.2) is 26.1 Å². The van der Waals surface area contributed by atoms with Gasteiger partial charge in [0.05, 0.1) is 19.8 Å². The third-order valence-corrected chi connectivity index (χ3v) is 5.83. The number of rotatable bonds is 4. The summed E-state index contributed by atoms with van der Waals surface area (Å²) in [4.78, 5) is 26.3. The van der Waals surface area contributed by atoms with Gasteiger partial charge < -0.3 is 14.8 Å². The van der Waals surface area contributed by atoms with Gasteiger partial charge in [-0.05, 0) is 49.4 Å². The molecule has 1 N–H and O–H groups in total. The minimum absolute atomic E-state index is 0.261. The van der Waals surface area contributed by atoms with E-state index in [2.05, 4.69) is 5.32 Å². The van der Waals surface area contributed by atoms with E-state index < -0.39 is 0 Å². The number of nitrogens with one attached hydrogen (secondary N) is 1. The van der Waals surface area contributed by atoms with E-state index in [0.29, 0.717) is 21.9 Å². The summed E-state index contributed by atoms with van der Waals surface area (Å²) in [6, 6.07) is 6.95. The number of esters is 1. The molecule has 0 fully saturated rings. The maximum Gasteiger partial charge on any atom is 0.341 e. The quantitative estimate of drug-likeness (QED) is 0.804. The Morgan fingerprint density at radius 3 is 2.58 bits per heavy atom. The standard InChI is InChI=1S/C20H23NO4S/c1-24-14-9-7-8-13(12-14)18(22)21-19-17(20(23)25-2)15-10-5-3-4-6-11-16(15)26-19/h7-9,12H,3-6,10-11H2,1-2H3,(H,21,22). The van der Waals surface area contributed by atoms with Crippen molar-refractivity contribution in [3.63, 3.8) is 0 Å². The van der Waals surface area contributed by atoms with Gasteiger partial charge in [0, 0.05) is 10.4 Å². The van der Waals surface area contributed by atoms with Crippen LogP contribution in [0.4, 0.5) is 5.00 Å². The summed E-state index contributed by atoms with van der Waals surface area (Å²) in [6.07, 6.45) is 6.33. The molecule has 1 aliphatic rings. The number of hydrogen-bond donors (Lipinski definition) is 1. The molecule has 1 aliphatic carbocycles. The molecule has 1 heterocycles.